The number of nitrogens with zero attached hydrogens (tertiary/aromatic N) is 6. The van der Waals surface area contributed by atoms with Gasteiger partial charge in [0, 0.05) is 0 Å². The van der Waals surface area contributed by atoms with Gasteiger partial charge in [-0.05, 0) is 43.6 Å². The summed E-state index contributed by atoms with van der Waals surface area (Å²) >= 11 is 1.56. The van der Waals surface area contributed by atoms with E-state index in [-0.39, 0.29) is 0 Å². The molecule has 0 aliphatic carbocycles. The molecule has 1 saturated heterocycles. The summed E-state index contributed by atoms with van der Waals surface area (Å²) < 4.78 is 13.2. The molecule has 0 radical (unpaired) electrons. The van der Waals surface area contributed by atoms with E-state index in [9.17, 15) is 0 Å². The molecule has 0 N–H and O–H groups in total. The van der Waals surface area contributed by atoms with Crippen molar-refractivity contribution in [2.24, 2.45) is 0 Å². The van der Waals surface area contributed by atoms with Crippen LogP contribution in [0.4, 0.5) is 0 Å². The summed E-state index contributed by atoms with van der Waals surface area (Å²) in [5.74, 6) is 3.28. The first kappa shape index (κ1) is 22.6. The summed E-state index contributed by atoms with van der Waals surface area (Å²) in [5.41, 5.74) is 2.03. The van der Waals surface area contributed by atoms with E-state index >= 15 is 0 Å². The molecular weight excluding hydrogens is 448 g/mol. The van der Waals surface area contributed by atoms with Gasteiger partial charge in [0.05, 0.1) is 31.5 Å². The highest BCUT2D eigenvalue weighted by Gasteiger charge is 2.19. The van der Waals surface area contributed by atoms with Gasteiger partial charge >= 0.3 is 0 Å². The Morgan fingerprint density at radius 2 is 1.74 bits per heavy atom. The van der Waals surface area contributed by atoms with Gasteiger partial charge in [-0.25, -0.2) is 0 Å². The van der Waals surface area contributed by atoms with Crippen molar-refractivity contribution in [1.82, 2.24) is 29.8 Å². The molecule has 176 valence electrons. The topological polar surface area (TPSA) is 82.1 Å². The fraction of sp³-hybridized carbons (Fsp3) is 0.360. The Labute approximate surface area is 203 Å². The zero-order valence-corrected chi connectivity index (χ0v) is 20.1. The van der Waals surface area contributed by atoms with Gasteiger partial charge in [0.15, 0.2) is 5.16 Å². The number of ether oxygens (including phenoxy) is 1. The number of methoxy groups -OCH3 is 1. The summed E-state index contributed by atoms with van der Waals surface area (Å²) in [6, 6.07) is 18.1. The first-order valence-corrected chi connectivity index (χ1v) is 12.6. The van der Waals surface area contributed by atoms with Gasteiger partial charge in [-0.15, -0.1) is 10.2 Å². The molecule has 1 aliphatic heterocycles. The van der Waals surface area contributed by atoms with E-state index in [4.69, 9.17) is 9.26 Å². The van der Waals surface area contributed by atoms with Crippen molar-refractivity contribution in [1.29, 1.82) is 0 Å². The third-order valence-electron chi connectivity index (χ3n) is 5.93. The van der Waals surface area contributed by atoms with Crippen molar-refractivity contribution in [3.63, 3.8) is 0 Å². The number of piperidine rings is 1. The highest BCUT2D eigenvalue weighted by atomic mass is 32.2. The standard InChI is InChI=1S/C25H28N6O2S/c1-32-21-13-7-6-12-20(21)24-26-23(33-29-24)18-34-25-28-27-22(17-30-14-8-3-9-15-30)31(25)16-19-10-4-2-5-11-19/h2,4-7,10-13H,3,8-9,14-18H2,1H3. The number of rotatable bonds is 9. The number of thioether (sulfide) groups is 1. The minimum absolute atomic E-state index is 0.513. The fourth-order valence-electron chi connectivity index (χ4n) is 4.16. The van der Waals surface area contributed by atoms with Gasteiger partial charge in [0.1, 0.15) is 11.6 Å². The van der Waals surface area contributed by atoms with Crippen LogP contribution in [0.1, 0.15) is 36.5 Å². The predicted molar refractivity (Wildman–Crippen MR) is 131 cm³/mol. The lowest BCUT2D eigenvalue weighted by atomic mass is 10.1. The molecule has 2 aromatic heterocycles. The van der Waals surface area contributed by atoms with Crippen molar-refractivity contribution in [3.8, 4) is 17.1 Å². The molecule has 1 fully saturated rings. The van der Waals surface area contributed by atoms with Crippen LogP contribution in [0.2, 0.25) is 0 Å². The average Bonchev–Trinajstić information content (AvgIpc) is 3.51. The zero-order valence-electron chi connectivity index (χ0n) is 19.3. The maximum atomic E-state index is 5.52. The smallest absolute Gasteiger partial charge is 0.237 e. The Morgan fingerprint density at radius 3 is 2.56 bits per heavy atom. The van der Waals surface area contributed by atoms with Gasteiger partial charge in [-0.2, -0.15) is 4.98 Å². The lowest BCUT2D eigenvalue weighted by Gasteiger charge is -2.26. The molecule has 5 rings (SSSR count). The quantitative estimate of drug-likeness (QED) is 0.323. The second-order valence-corrected chi connectivity index (χ2v) is 9.25. The van der Waals surface area contributed by atoms with E-state index in [1.165, 1.54) is 24.8 Å². The third kappa shape index (κ3) is 5.31. The molecule has 0 bridgehead atoms. The summed E-state index contributed by atoms with van der Waals surface area (Å²) in [5, 5.41) is 14.1. The molecule has 9 heteroatoms. The predicted octanol–water partition coefficient (Wildman–Crippen LogP) is 4.66. The molecule has 0 saturated carbocycles. The molecule has 0 spiro atoms. The van der Waals surface area contributed by atoms with Crippen molar-refractivity contribution < 1.29 is 9.26 Å². The summed E-state index contributed by atoms with van der Waals surface area (Å²) in [6.45, 7) is 3.79. The van der Waals surface area contributed by atoms with Crippen LogP contribution in [0.5, 0.6) is 5.75 Å². The van der Waals surface area contributed by atoms with E-state index in [2.05, 4.69) is 54.1 Å². The number of hydrogen-bond donors (Lipinski definition) is 0. The van der Waals surface area contributed by atoms with Crippen LogP contribution in [0.25, 0.3) is 11.4 Å². The monoisotopic (exact) mass is 476 g/mol. The molecule has 1 aliphatic rings. The van der Waals surface area contributed by atoms with E-state index in [0.717, 1.165) is 42.7 Å². The average molecular weight is 477 g/mol. The van der Waals surface area contributed by atoms with Crippen LogP contribution in [0.15, 0.2) is 64.3 Å². The molecule has 34 heavy (non-hydrogen) atoms. The van der Waals surface area contributed by atoms with E-state index < -0.39 is 0 Å². The number of aromatic nitrogens is 5. The highest BCUT2D eigenvalue weighted by Crippen LogP contribution is 2.29. The van der Waals surface area contributed by atoms with Crippen LogP contribution in [-0.4, -0.2) is 50.0 Å². The van der Waals surface area contributed by atoms with Crippen molar-refractivity contribution >= 4 is 11.8 Å². The van der Waals surface area contributed by atoms with Crippen molar-refractivity contribution in [3.05, 3.63) is 71.9 Å². The molecule has 0 amide bonds. The highest BCUT2D eigenvalue weighted by molar-refractivity contribution is 7.98. The lowest BCUT2D eigenvalue weighted by molar-refractivity contribution is 0.213. The number of hydrogen-bond acceptors (Lipinski definition) is 8. The van der Waals surface area contributed by atoms with Crippen LogP contribution in [0.3, 0.4) is 0 Å². The maximum absolute atomic E-state index is 5.52. The number of likely N-dealkylation sites (tertiary alicyclic amines) is 1. The van der Waals surface area contributed by atoms with E-state index in [1.54, 1.807) is 18.9 Å². The second-order valence-electron chi connectivity index (χ2n) is 8.31. The Kier molecular flexibility index (Phi) is 7.21. The first-order valence-electron chi connectivity index (χ1n) is 11.6. The Hall–Kier alpha value is -3.17. The first-order chi connectivity index (χ1) is 16.8. The number of para-hydroxylation sites is 1. The summed E-state index contributed by atoms with van der Waals surface area (Å²) in [6.07, 6.45) is 3.82. The van der Waals surface area contributed by atoms with Crippen LogP contribution < -0.4 is 4.74 Å². The normalized spacial score (nSPS) is 14.4. The largest absolute Gasteiger partial charge is 0.496 e. The van der Waals surface area contributed by atoms with Crippen LogP contribution >= 0.6 is 11.8 Å². The van der Waals surface area contributed by atoms with Gasteiger partial charge in [-0.1, -0.05) is 65.8 Å². The van der Waals surface area contributed by atoms with Crippen molar-refractivity contribution in [2.45, 2.75) is 43.3 Å². The van der Waals surface area contributed by atoms with Crippen LogP contribution in [-0.2, 0) is 18.8 Å². The number of benzene rings is 2. The minimum atomic E-state index is 0.513. The van der Waals surface area contributed by atoms with E-state index in [0.29, 0.717) is 23.2 Å². The molecule has 0 unspecified atom stereocenters. The Morgan fingerprint density at radius 1 is 0.941 bits per heavy atom. The molecule has 0 atom stereocenters. The van der Waals surface area contributed by atoms with Gasteiger partial charge < -0.3 is 13.8 Å². The Balaban J connectivity index is 1.33. The molecular formula is C25H28N6O2S. The Bertz CT molecular complexity index is 1200. The fourth-order valence-corrected chi connectivity index (χ4v) is 4.96. The van der Waals surface area contributed by atoms with Crippen LogP contribution in [0, 0.1) is 0 Å². The summed E-state index contributed by atoms with van der Waals surface area (Å²) in [4.78, 5) is 7.05. The molecule has 2 aromatic carbocycles. The minimum Gasteiger partial charge on any atom is -0.496 e. The molecule has 3 heterocycles. The molecule has 4 aromatic rings. The van der Waals surface area contributed by atoms with Crippen molar-refractivity contribution in [2.75, 3.05) is 20.2 Å². The third-order valence-corrected chi connectivity index (χ3v) is 6.88. The molecule has 8 nitrogen and oxygen atoms in total. The van der Waals surface area contributed by atoms with Gasteiger partial charge in [-0.3, -0.25) is 4.90 Å². The van der Waals surface area contributed by atoms with Gasteiger partial charge in [0.2, 0.25) is 11.7 Å². The van der Waals surface area contributed by atoms with E-state index in [1.807, 2.05) is 30.3 Å². The van der Waals surface area contributed by atoms with Gasteiger partial charge in [0.25, 0.3) is 0 Å². The SMILES string of the molecule is COc1ccccc1-c1noc(CSc2nnc(CN3CCCCC3)n2Cc2ccccc2)n1. The second kappa shape index (κ2) is 10.8. The maximum Gasteiger partial charge on any atom is 0.237 e. The summed E-state index contributed by atoms with van der Waals surface area (Å²) in [7, 11) is 1.64. The lowest BCUT2D eigenvalue weighted by Crippen LogP contribution is -2.30. The zero-order chi connectivity index (χ0) is 23.2.